The summed E-state index contributed by atoms with van der Waals surface area (Å²) in [5.41, 5.74) is -0.625. The van der Waals surface area contributed by atoms with Gasteiger partial charge in [-0.1, -0.05) is 33.1 Å². The summed E-state index contributed by atoms with van der Waals surface area (Å²) < 4.78 is 0. The van der Waals surface area contributed by atoms with Crippen LogP contribution < -0.4 is 5.11 Å². The van der Waals surface area contributed by atoms with Gasteiger partial charge in [0, 0.05) is 11.4 Å². The lowest BCUT2D eigenvalue weighted by molar-refractivity contribution is -0.320. The van der Waals surface area contributed by atoms with Crippen LogP contribution in [0, 0.1) is 11.3 Å². The van der Waals surface area contributed by atoms with Crippen molar-refractivity contribution in [3.05, 3.63) is 0 Å². The van der Waals surface area contributed by atoms with Gasteiger partial charge in [0.1, 0.15) is 0 Å². The second-order valence-electron chi connectivity index (χ2n) is 4.34. The van der Waals surface area contributed by atoms with Gasteiger partial charge in [-0.05, 0) is 18.8 Å². The van der Waals surface area contributed by atoms with Crippen molar-refractivity contribution in [1.82, 2.24) is 0 Å². The summed E-state index contributed by atoms with van der Waals surface area (Å²) in [5, 5.41) is 10.8. The van der Waals surface area contributed by atoms with E-state index in [1.807, 2.05) is 0 Å². The second-order valence-corrected chi connectivity index (χ2v) is 4.34. The van der Waals surface area contributed by atoms with Crippen LogP contribution in [-0.4, -0.2) is 5.97 Å². The van der Waals surface area contributed by atoms with Gasteiger partial charge < -0.3 is 9.90 Å². The van der Waals surface area contributed by atoms with Crippen molar-refractivity contribution in [2.24, 2.45) is 11.3 Å². The molecule has 12 heavy (non-hydrogen) atoms. The van der Waals surface area contributed by atoms with Gasteiger partial charge in [-0.2, -0.15) is 0 Å². The van der Waals surface area contributed by atoms with Gasteiger partial charge >= 0.3 is 0 Å². The molecule has 0 N–H and O–H groups in total. The number of carboxylic acid groups (broad SMARTS) is 1. The number of carbonyl (C=O) groups excluding carboxylic acids is 1. The van der Waals surface area contributed by atoms with E-state index in [1.54, 1.807) is 13.8 Å². The average Bonchev–Trinajstić information content (AvgIpc) is 2.06. The molecular formula is C10H17O2-. The highest BCUT2D eigenvalue weighted by molar-refractivity contribution is 5.71. The molecular weight excluding hydrogens is 152 g/mol. The molecule has 1 aliphatic rings. The molecule has 1 rings (SSSR count). The van der Waals surface area contributed by atoms with Gasteiger partial charge in [-0.3, -0.25) is 0 Å². The first-order valence-electron chi connectivity index (χ1n) is 4.76. The highest BCUT2D eigenvalue weighted by Gasteiger charge is 2.31. The molecule has 0 bridgehead atoms. The molecule has 0 spiro atoms. The smallest absolute Gasteiger partial charge is 0.0473 e. The molecule has 2 heteroatoms. The second kappa shape index (κ2) is 3.46. The van der Waals surface area contributed by atoms with Crippen LogP contribution in [0.4, 0.5) is 0 Å². The Balaban J connectivity index is 2.59. The lowest BCUT2D eigenvalue weighted by atomic mass is 9.71. The molecule has 0 saturated heterocycles. The summed E-state index contributed by atoms with van der Waals surface area (Å²) in [4.78, 5) is 10.8. The standard InChI is InChI=1S/C10H18O2/c1-10(2,9(11)12)8-6-4-3-5-7-8/h8H,3-7H2,1-2H3,(H,11,12)/p-1. The zero-order valence-corrected chi connectivity index (χ0v) is 7.93. The van der Waals surface area contributed by atoms with Crippen LogP contribution in [0.1, 0.15) is 46.0 Å². The molecule has 0 unspecified atom stereocenters. The predicted molar refractivity (Wildman–Crippen MR) is 45.4 cm³/mol. The molecule has 1 saturated carbocycles. The zero-order chi connectivity index (χ0) is 9.19. The molecule has 0 aromatic heterocycles. The van der Waals surface area contributed by atoms with Crippen molar-refractivity contribution < 1.29 is 9.90 Å². The average molecular weight is 169 g/mol. The normalized spacial score (nSPS) is 20.8. The Morgan fingerprint density at radius 1 is 1.25 bits per heavy atom. The summed E-state index contributed by atoms with van der Waals surface area (Å²) in [5.74, 6) is -0.564. The SMILES string of the molecule is CC(C)(C(=O)[O-])C1CCCCC1. The topological polar surface area (TPSA) is 40.1 Å². The first-order chi connectivity index (χ1) is 5.55. The fraction of sp³-hybridized carbons (Fsp3) is 0.900. The van der Waals surface area contributed by atoms with E-state index in [0.29, 0.717) is 5.92 Å². The minimum Gasteiger partial charge on any atom is -0.550 e. The minimum atomic E-state index is -0.894. The molecule has 2 nitrogen and oxygen atoms in total. The van der Waals surface area contributed by atoms with Gasteiger partial charge in [0.2, 0.25) is 0 Å². The number of carbonyl (C=O) groups is 1. The van der Waals surface area contributed by atoms with Crippen LogP contribution in [0.2, 0.25) is 0 Å². The van der Waals surface area contributed by atoms with E-state index in [1.165, 1.54) is 19.3 Å². The Bertz CT molecular complexity index is 167. The van der Waals surface area contributed by atoms with Crippen LogP contribution >= 0.6 is 0 Å². The van der Waals surface area contributed by atoms with E-state index in [2.05, 4.69) is 0 Å². The van der Waals surface area contributed by atoms with Crippen LogP contribution in [0.3, 0.4) is 0 Å². The molecule has 0 amide bonds. The third-order valence-corrected chi connectivity index (χ3v) is 3.15. The molecule has 0 aromatic carbocycles. The number of rotatable bonds is 2. The van der Waals surface area contributed by atoms with Crippen LogP contribution in [0.5, 0.6) is 0 Å². The summed E-state index contributed by atoms with van der Waals surface area (Å²) in [7, 11) is 0. The van der Waals surface area contributed by atoms with Crippen molar-refractivity contribution in [1.29, 1.82) is 0 Å². The van der Waals surface area contributed by atoms with Crippen molar-refractivity contribution in [2.45, 2.75) is 46.0 Å². The van der Waals surface area contributed by atoms with Crippen LogP contribution in [0.25, 0.3) is 0 Å². The Morgan fingerprint density at radius 2 is 1.75 bits per heavy atom. The van der Waals surface area contributed by atoms with Crippen molar-refractivity contribution in [3.63, 3.8) is 0 Å². The van der Waals surface area contributed by atoms with Gasteiger partial charge in [0.25, 0.3) is 0 Å². The summed E-state index contributed by atoms with van der Waals surface area (Å²) >= 11 is 0. The lowest BCUT2D eigenvalue weighted by Crippen LogP contribution is -2.43. The van der Waals surface area contributed by atoms with E-state index in [-0.39, 0.29) is 0 Å². The zero-order valence-electron chi connectivity index (χ0n) is 7.93. The Hall–Kier alpha value is -0.530. The molecule has 0 radical (unpaired) electrons. The quantitative estimate of drug-likeness (QED) is 0.626. The monoisotopic (exact) mass is 169 g/mol. The molecule has 70 valence electrons. The highest BCUT2D eigenvalue weighted by Crippen LogP contribution is 2.37. The Kier molecular flexibility index (Phi) is 2.76. The fourth-order valence-electron chi connectivity index (χ4n) is 1.99. The summed E-state index contributed by atoms with van der Waals surface area (Å²) in [6.45, 7) is 3.58. The van der Waals surface area contributed by atoms with E-state index in [0.717, 1.165) is 12.8 Å². The minimum absolute atomic E-state index is 0.330. The third kappa shape index (κ3) is 1.79. The first kappa shape index (κ1) is 9.56. The predicted octanol–water partition coefficient (Wildman–Crippen LogP) is 1.34. The summed E-state index contributed by atoms with van der Waals surface area (Å²) in [6, 6.07) is 0. The number of hydrogen-bond acceptors (Lipinski definition) is 2. The van der Waals surface area contributed by atoms with Gasteiger partial charge in [0.15, 0.2) is 0 Å². The van der Waals surface area contributed by atoms with Gasteiger partial charge in [-0.25, -0.2) is 0 Å². The van der Waals surface area contributed by atoms with E-state index in [9.17, 15) is 9.90 Å². The van der Waals surface area contributed by atoms with E-state index >= 15 is 0 Å². The maximum Gasteiger partial charge on any atom is 0.0473 e. The molecule has 0 heterocycles. The maximum absolute atomic E-state index is 10.8. The molecule has 1 fully saturated rings. The number of aliphatic carboxylic acids is 1. The first-order valence-corrected chi connectivity index (χ1v) is 4.76. The fourth-order valence-corrected chi connectivity index (χ4v) is 1.99. The maximum atomic E-state index is 10.8. The molecule has 0 aliphatic heterocycles. The molecule has 1 aliphatic carbocycles. The van der Waals surface area contributed by atoms with Crippen molar-refractivity contribution in [3.8, 4) is 0 Å². The van der Waals surface area contributed by atoms with E-state index in [4.69, 9.17) is 0 Å². The molecule has 0 aromatic rings. The number of carboxylic acids is 1. The van der Waals surface area contributed by atoms with Crippen molar-refractivity contribution in [2.75, 3.05) is 0 Å². The van der Waals surface area contributed by atoms with Crippen LogP contribution in [0.15, 0.2) is 0 Å². The lowest BCUT2D eigenvalue weighted by Gasteiger charge is -2.37. The van der Waals surface area contributed by atoms with Gasteiger partial charge in [-0.15, -0.1) is 0 Å². The highest BCUT2D eigenvalue weighted by atomic mass is 16.4. The third-order valence-electron chi connectivity index (χ3n) is 3.15. The molecule has 0 atom stereocenters. The largest absolute Gasteiger partial charge is 0.550 e. The summed E-state index contributed by atoms with van der Waals surface area (Å²) in [6.07, 6.45) is 5.74. The van der Waals surface area contributed by atoms with Crippen LogP contribution in [-0.2, 0) is 4.79 Å². The van der Waals surface area contributed by atoms with Crippen molar-refractivity contribution >= 4 is 5.97 Å². The van der Waals surface area contributed by atoms with Gasteiger partial charge in [0.05, 0.1) is 0 Å². The Morgan fingerprint density at radius 3 is 2.17 bits per heavy atom. The number of hydrogen-bond donors (Lipinski definition) is 0. The Labute approximate surface area is 74.0 Å². The van der Waals surface area contributed by atoms with E-state index < -0.39 is 11.4 Å².